The summed E-state index contributed by atoms with van der Waals surface area (Å²) in [5.41, 5.74) is 2.47. The van der Waals surface area contributed by atoms with Crippen LogP contribution in [0.3, 0.4) is 0 Å². The maximum absolute atomic E-state index is 11.7. The van der Waals surface area contributed by atoms with Crippen molar-refractivity contribution in [2.24, 2.45) is 10.2 Å². The number of azo groups is 1. The van der Waals surface area contributed by atoms with E-state index in [4.69, 9.17) is 16.6 Å². The summed E-state index contributed by atoms with van der Waals surface area (Å²) < 4.78 is 6.27. The van der Waals surface area contributed by atoms with E-state index in [2.05, 4.69) is 15.5 Å². The molecule has 4 rings (SSSR count). The van der Waals surface area contributed by atoms with Crippen LogP contribution in [0.5, 0.6) is 0 Å². The van der Waals surface area contributed by atoms with Crippen LogP contribution in [-0.2, 0) is 4.79 Å². The van der Waals surface area contributed by atoms with Crippen molar-refractivity contribution in [2.75, 3.05) is 0 Å². The van der Waals surface area contributed by atoms with E-state index < -0.39 is 0 Å². The predicted octanol–water partition coefficient (Wildman–Crippen LogP) is 5.85. The molecule has 1 fully saturated rings. The molecule has 1 amide bonds. The van der Waals surface area contributed by atoms with Crippen molar-refractivity contribution in [3.63, 3.8) is 0 Å². The van der Waals surface area contributed by atoms with Gasteiger partial charge in [-0.15, -0.1) is 0 Å². The fourth-order valence-corrected chi connectivity index (χ4v) is 3.46. The number of hydrogen-bond donors (Lipinski definition) is 1. The van der Waals surface area contributed by atoms with Gasteiger partial charge in [-0.1, -0.05) is 42.2 Å². The normalized spacial score (nSPS) is 15.6. The van der Waals surface area contributed by atoms with Crippen LogP contribution in [0.25, 0.3) is 17.4 Å². The molecule has 0 spiro atoms. The number of carbonyl (C=O) groups excluding carboxylic acids is 1. The van der Waals surface area contributed by atoms with E-state index in [0.29, 0.717) is 20.7 Å². The number of benzene rings is 2. The van der Waals surface area contributed by atoms with Crippen molar-refractivity contribution >= 4 is 51.7 Å². The number of amides is 1. The Hall–Kier alpha value is -3.03. The lowest BCUT2D eigenvalue weighted by Gasteiger charge is -1.98. The second kappa shape index (κ2) is 7.69. The second-order valence-corrected chi connectivity index (χ2v) is 7.36. The molecule has 0 unspecified atom stereocenters. The van der Waals surface area contributed by atoms with Crippen LogP contribution in [0.4, 0.5) is 11.4 Å². The molecule has 3 aromatic rings. The van der Waals surface area contributed by atoms with Crippen LogP contribution >= 0.6 is 24.0 Å². The summed E-state index contributed by atoms with van der Waals surface area (Å²) in [7, 11) is 0. The summed E-state index contributed by atoms with van der Waals surface area (Å²) in [6.07, 6.45) is 1.69. The number of furan rings is 1. The van der Waals surface area contributed by atoms with Crippen molar-refractivity contribution in [3.8, 4) is 11.3 Å². The fourth-order valence-electron chi connectivity index (χ4n) is 2.44. The zero-order valence-corrected chi connectivity index (χ0v) is 15.6. The Balaban J connectivity index is 1.49. The maximum atomic E-state index is 11.7. The highest BCUT2D eigenvalue weighted by atomic mass is 32.2. The van der Waals surface area contributed by atoms with E-state index in [-0.39, 0.29) is 5.91 Å². The van der Waals surface area contributed by atoms with E-state index in [0.717, 1.165) is 16.9 Å². The molecule has 1 saturated heterocycles. The van der Waals surface area contributed by atoms with Gasteiger partial charge in [-0.05, 0) is 48.5 Å². The first kappa shape index (κ1) is 17.4. The van der Waals surface area contributed by atoms with E-state index in [1.165, 1.54) is 11.8 Å². The maximum Gasteiger partial charge on any atom is 0.263 e. The topological polar surface area (TPSA) is 67.0 Å². The van der Waals surface area contributed by atoms with E-state index in [1.54, 1.807) is 6.08 Å². The summed E-state index contributed by atoms with van der Waals surface area (Å²) in [5.74, 6) is 1.11. The number of thiocarbonyl (C=S) groups is 1. The smallest absolute Gasteiger partial charge is 0.263 e. The zero-order chi connectivity index (χ0) is 18.6. The molecule has 132 valence electrons. The van der Waals surface area contributed by atoms with E-state index >= 15 is 0 Å². The first-order chi connectivity index (χ1) is 13.2. The molecule has 1 aliphatic heterocycles. The van der Waals surface area contributed by atoms with Crippen molar-refractivity contribution < 1.29 is 9.21 Å². The quantitative estimate of drug-likeness (QED) is 0.344. The zero-order valence-electron chi connectivity index (χ0n) is 14.0. The van der Waals surface area contributed by atoms with Gasteiger partial charge in [-0.3, -0.25) is 4.79 Å². The highest BCUT2D eigenvalue weighted by Crippen LogP contribution is 2.29. The highest BCUT2D eigenvalue weighted by molar-refractivity contribution is 8.26. The SMILES string of the molecule is O=C1NC(=S)SC1=Cc1ccc(-c2ccc(N=Nc3ccccc3)cc2)o1. The van der Waals surface area contributed by atoms with Gasteiger partial charge in [0.25, 0.3) is 5.91 Å². The van der Waals surface area contributed by atoms with Crippen LogP contribution in [-0.4, -0.2) is 10.2 Å². The predicted molar refractivity (Wildman–Crippen MR) is 111 cm³/mol. The summed E-state index contributed by atoms with van der Waals surface area (Å²) in [6.45, 7) is 0. The standard InChI is InChI=1S/C20H13N3O2S2/c24-19-18(27-20(26)21-19)12-16-10-11-17(25-16)13-6-8-15(9-7-13)23-22-14-4-2-1-3-5-14/h1-12H,(H,21,24,26). The fraction of sp³-hybridized carbons (Fsp3) is 0. The van der Waals surface area contributed by atoms with Gasteiger partial charge in [-0.25, -0.2) is 0 Å². The molecule has 2 heterocycles. The van der Waals surface area contributed by atoms with Gasteiger partial charge in [0.05, 0.1) is 16.3 Å². The molecule has 7 heteroatoms. The molecule has 1 aliphatic rings. The number of nitrogens with one attached hydrogen (secondary N) is 1. The lowest BCUT2D eigenvalue weighted by molar-refractivity contribution is -0.115. The van der Waals surface area contributed by atoms with Crippen LogP contribution < -0.4 is 5.32 Å². The molecule has 0 radical (unpaired) electrons. The third-order valence-corrected chi connectivity index (χ3v) is 4.89. The summed E-state index contributed by atoms with van der Waals surface area (Å²) in [4.78, 5) is 12.2. The molecule has 0 aliphatic carbocycles. The minimum absolute atomic E-state index is 0.198. The Morgan fingerprint density at radius 3 is 2.30 bits per heavy atom. The second-order valence-electron chi connectivity index (χ2n) is 5.64. The first-order valence-corrected chi connectivity index (χ1v) is 9.32. The van der Waals surface area contributed by atoms with Gasteiger partial charge in [-0.2, -0.15) is 10.2 Å². The summed E-state index contributed by atoms with van der Waals surface area (Å²) in [5, 5.41) is 11.0. The average molecular weight is 391 g/mol. The Morgan fingerprint density at radius 2 is 1.63 bits per heavy atom. The molecule has 0 saturated carbocycles. The monoisotopic (exact) mass is 391 g/mol. The molecule has 27 heavy (non-hydrogen) atoms. The van der Waals surface area contributed by atoms with Crippen LogP contribution in [0.15, 0.2) is 86.3 Å². The van der Waals surface area contributed by atoms with Crippen molar-refractivity contribution in [1.29, 1.82) is 0 Å². The van der Waals surface area contributed by atoms with Gasteiger partial charge in [0, 0.05) is 11.6 Å². The Morgan fingerprint density at radius 1 is 0.926 bits per heavy atom. The largest absolute Gasteiger partial charge is 0.457 e. The highest BCUT2D eigenvalue weighted by Gasteiger charge is 2.22. The third-order valence-electron chi connectivity index (χ3n) is 3.73. The lowest BCUT2D eigenvalue weighted by Crippen LogP contribution is -2.17. The van der Waals surface area contributed by atoms with Crippen molar-refractivity contribution in [2.45, 2.75) is 0 Å². The molecule has 1 aromatic heterocycles. The Kier molecular flexibility index (Phi) is 4.95. The first-order valence-electron chi connectivity index (χ1n) is 8.09. The van der Waals surface area contributed by atoms with Crippen molar-refractivity contribution in [1.82, 2.24) is 5.32 Å². The molecular weight excluding hydrogens is 378 g/mol. The average Bonchev–Trinajstić information content (AvgIpc) is 3.28. The third kappa shape index (κ3) is 4.21. The van der Waals surface area contributed by atoms with Gasteiger partial charge in [0.1, 0.15) is 15.8 Å². The molecule has 5 nitrogen and oxygen atoms in total. The van der Waals surface area contributed by atoms with Gasteiger partial charge in [0.2, 0.25) is 0 Å². The molecule has 1 N–H and O–H groups in total. The number of thioether (sulfide) groups is 1. The Bertz CT molecular complexity index is 1050. The van der Waals surface area contributed by atoms with Crippen LogP contribution in [0.2, 0.25) is 0 Å². The molecule has 0 atom stereocenters. The molecule has 0 bridgehead atoms. The van der Waals surface area contributed by atoms with E-state index in [1.807, 2.05) is 66.7 Å². The summed E-state index contributed by atoms with van der Waals surface area (Å²) in [6, 6.07) is 20.8. The van der Waals surface area contributed by atoms with Gasteiger partial charge < -0.3 is 9.73 Å². The number of rotatable bonds is 4. The minimum atomic E-state index is -0.198. The van der Waals surface area contributed by atoms with Gasteiger partial charge in [0.15, 0.2) is 0 Å². The van der Waals surface area contributed by atoms with E-state index in [9.17, 15) is 4.79 Å². The number of nitrogens with zero attached hydrogens (tertiary/aromatic N) is 2. The minimum Gasteiger partial charge on any atom is -0.457 e. The van der Waals surface area contributed by atoms with Crippen LogP contribution in [0.1, 0.15) is 5.76 Å². The molecular formula is C20H13N3O2S2. The summed E-state index contributed by atoms with van der Waals surface area (Å²) >= 11 is 6.21. The Labute approximate surface area is 165 Å². The number of carbonyl (C=O) groups is 1. The van der Waals surface area contributed by atoms with Crippen molar-refractivity contribution in [3.05, 3.63) is 77.4 Å². The molecule has 2 aromatic carbocycles. The number of hydrogen-bond acceptors (Lipinski definition) is 6. The van der Waals surface area contributed by atoms with Gasteiger partial charge >= 0.3 is 0 Å². The van der Waals surface area contributed by atoms with Crippen LogP contribution in [0, 0.1) is 0 Å². The lowest BCUT2D eigenvalue weighted by atomic mass is 10.1.